The van der Waals surface area contributed by atoms with Crippen LogP contribution in [-0.2, 0) is 23.9 Å². The summed E-state index contributed by atoms with van der Waals surface area (Å²) < 4.78 is 56.4. The van der Waals surface area contributed by atoms with Crippen molar-refractivity contribution in [2.45, 2.75) is 40.0 Å². The van der Waals surface area contributed by atoms with Crippen LogP contribution >= 0.6 is 0 Å². The minimum Gasteiger partial charge on any atom is -0.490 e. The first-order chi connectivity index (χ1) is 21.5. The Morgan fingerprint density at radius 2 is 1.09 bits per heavy atom. The van der Waals surface area contributed by atoms with Crippen LogP contribution in [0.1, 0.15) is 40.0 Å². The fourth-order valence-corrected chi connectivity index (χ4v) is 3.85. The van der Waals surface area contributed by atoms with E-state index in [0.717, 1.165) is 0 Å². The van der Waals surface area contributed by atoms with Crippen LogP contribution in [0.25, 0.3) is 22.3 Å². The van der Waals surface area contributed by atoms with Crippen molar-refractivity contribution in [2.75, 3.05) is 26.4 Å². The highest BCUT2D eigenvalue weighted by Crippen LogP contribution is 2.35. The monoisotopic (exact) mass is 622 g/mol. The zero-order valence-corrected chi connectivity index (χ0v) is 25.6. The summed E-state index contributed by atoms with van der Waals surface area (Å²) in [7, 11) is 0. The third-order valence-electron chi connectivity index (χ3n) is 6.21. The number of rotatable bonds is 16. The normalized spacial score (nSPS) is 10.5. The third-order valence-corrected chi connectivity index (χ3v) is 6.21. The fourth-order valence-electron chi connectivity index (χ4n) is 3.85. The molecule has 0 radical (unpaired) electrons. The highest BCUT2D eigenvalue weighted by Gasteiger charge is 2.14. The second-order valence-electron chi connectivity index (χ2n) is 10.1. The smallest absolute Gasteiger partial charge is 0.333 e. The van der Waals surface area contributed by atoms with Gasteiger partial charge < -0.3 is 23.7 Å². The lowest BCUT2D eigenvalue weighted by atomic mass is 9.98. The first kappa shape index (κ1) is 34.5. The molecule has 0 aliphatic heterocycles. The Balaban J connectivity index is 1.75. The van der Waals surface area contributed by atoms with Crippen molar-refractivity contribution in [1.29, 1.82) is 0 Å². The molecule has 0 saturated carbocycles. The molecule has 0 unspecified atom stereocenters. The molecule has 0 saturated heterocycles. The Morgan fingerprint density at radius 1 is 0.644 bits per heavy atom. The van der Waals surface area contributed by atoms with Gasteiger partial charge in [0, 0.05) is 30.4 Å². The summed E-state index contributed by atoms with van der Waals surface area (Å²) in [5.41, 5.74) is 2.57. The molecule has 8 nitrogen and oxygen atoms in total. The van der Waals surface area contributed by atoms with Crippen molar-refractivity contribution in [2.24, 2.45) is 0 Å². The predicted molar refractivity (Wildman–Crippen MR) is 165 cm³/mol. The van der Waals surface area contributed by atoms with Crippen LogP contribution in [-0.4, -0.2) is 44.3 Å². The molecule has 0 aliphatic carbocycles. The van der Waals surface area contributed by atoms with Crippen LogP contribution in [0.15, 0.2) is 78.9 Å². The Bertz CT molecular complexity index is 1460. The largest absolute Gasteiger partial charge is 0.490 e. The van der Waals surface area contributed by atoms with Crippen molar-refractivity contribution >= 4 is 17.9 Å². The highest BCUT2D eigenvalue weighted by atomic mass is 19.1. The van der Waals surface area contributed by atoms with Crippen molar-refractivity contribution in [3.63, 3.8) is 0 Å². The molecule has 0 amide bonds. The predicted octanol–water partition coefficient (Wildman–Crippen LogP) is 7.39. The van der Waals surface area contributed by atoms with E-state index in [1.54, 1.807) is 51.1 Å². The van der Waals surface area contributed by atoms with Gasteiger partial charge >= 0.3 is 17.9 Å². The van der Waals surface area contributed by atoms with E-state index in [9.17, 15) is 23.2 Å². The standard InChI is InChI=1S/C35H36F2O8/c1-6-33(38)45-28-18-26(24-9-11-31(29(36)20-24)41-13-7-15-43-34(39)22(2)3)17-27(19-28)25-10-12-32(30(37)21-25)42-14-8-16-44-35(40)23(4)5/h9-12,17-21H,2,4,6-8,13-16H2,1,3,5H3. The van der Waals surface area contributed by atoms with E-state index < -0.39 is 29.5 Å². The molecule has 10 heteroatoms. The molecule has 0 heterocycles. The van der Waals surface area contributed by atoms with E-state index in [2.05, 4.69) is 13.2 Å². The lowest BCUT2D eigenvalue weighted by molar-refractivity contribution is -0.140. The van der Waals surface area contributed by atoms with Crippen LogP contribution in [0.5, 0.6) is 17.2 Å². The molecule has 0 N–H and O–H groups in total. The summed E-state index contributed by atoms with van der Waals surface area (Å²) in [5, 5.41) is 0. The van der Waals surface area contributed by atoms with Crippen LogP contribution in [0, 0.1) is 11.6 Å². The Kier molecular flexibility index (Phi) is 12.8. The average Bonchev–Trinajstić information content (AvgIpc) is 3.01. The molecule has 0 fully saturated rings. The van der Waals surface area contributed by atoms with Gasteiger partial charge in [0.15, 0.2) is 23.1 Å². The highest BCUT2D eigenvalue weighted by molar-refractivity contribution is 5.87. The zero-order valence-electron chi connectivity index (χ0n) is 25.6. The van der Waals surface area contributed by atoms with Gasteiger partial charge in [0.25, 0.3) is 0 Å². The Hall–Kier alpha value is -4.99. The molecule has 0 spiro atoms. The topological polar surface area (TPSA) is 97.4 Å². The van der Waals surface area contributed by atoms with Gasteiger partial charge in [0.2, 0.25) is 0 Å². The molecule has 3 rings (SSSR count). The van der Waals surface area contributed by atoms with Gasteiger partial charge in [0.05, 0.1) is 26.4 Å². The van der Waals surface area contributed by atoms with Gasteiger partial charge in [-0.05, 0) is 78.6 Å². The number of hydrogen-bond acceptors (Lipinski definition) is 8. The van der Waals surface area contributed by atoms with Gasteiger partial charge in [0.1, 0.15) is 5.75 Å². The second kappa shape index (κ2) is 16.7. The van der Waals surface area contributed by atoms with Crippen LogP contribution in [0.4, 0.5) is 8.78 Å². The number of carbonyl (C=O) groups is 3. The zero-order chi connectivity index (χ0) is 32.9. The summed E-state index contributed by atoms with van der Waals surface area (Å²) >= 11 is 0. The molecule has 45 heavy (non-hydrogen) atoms. The van der Waals surface area contributed by atoms with E-state index in [1.165, 1.54) is 24.3 Å². The van der Waals surface area contributed by atoms with Crippen LogP contribution in [0.3, 0.4) is 0 Å². The van der Waals surface area contributed by atoms with Crippen LogP contribution in [0.2, 0.25) is 0 Å². The molecule has 0 aliphatic rings. The maximum Gasteiger partial charge on any atom is 0.333 e. The molecule has 0 atom stereocenters. The number of esters is 3. The van der Waals surface area contributed by atoms with Gasteiger partial charge in [-0.25, -0.2) is 18.4 Å². The van der Waals surface area contributed by atoms with Crippen molar-refractivity contribution in [1.82, 2.24) is 0 Å². The van der Waals surface area contributed by atoms with E-state index in [1.807, 2.05) is 0 Å². The summed E-state index contributed by atoms with van der Waals surface area (Å²) in [4.78, 5) is 35.0. The SMILES string of the molecule is C=C(C)C(=O)OCCCOc1ccc(-c2cc(OC(=O)CC)cc(-c3ccc(OCCCOC(=O)C(=C)C)c(F)c3)c2)cc1F. The van der Waals surface area contributed by atoms with Crippen molar-refractivity contribution in [3.05, 3.63) is 90.5 Å². The average molecular weight is 623 g/mol. The van der Waals surface area contributed by atoms with Gasteiger partial charge in [-0.15, -0.1) is 0 Å². The van der Waals surface area contributed by atoms with Gasteiger partial charge in [-0.2, -0.15) is 0 Å². The molecule has 0 aromatic heterocycles. The lowest BCUT2D eigenvalue weighted by Crippen LogP contribution is -2.09. The molecular weight excluding hydrogens is 586 g/mol. The molecule has 3 aromatic rings. The summed E-state index contributed by atoms with van der Waals surface area (Å²) in [6, 6.07) is 13.7. The fraction of sp³-hybridized carbons (Fsp3) is 0.286. The molecule has 238 valence electrons. The van der Waals surface area contributed by atoms with E-state index >= 15 is 0 Å². The maximum absolute atomic E-state index is 15.0. The maximum atomic E-state index is 15.0. The number of hydrogen-bond donors (Lipinski definition) is 0. The second-order valence-corrected chi connectivity index (χ2v) is 10.1. The number of benzene rings is 3. The Morgan fingerprint density at radius 3 is 1.47 bits per heavy atom. The number of carbonyl (C=O) groups excluding carboxylic acids is 3. The summed E-state index contributed by atoms with van der Waals surface area (Å²) in [6.45, 7) is 12.2. The summed E-state index contributed by atoms with van der Waals surface area (Å²) in [5.74, 6) is -2.46. The van der Waals surface area contributed by atoms with Crippen LogP contribution < -0.4 is 14.2 Å². The van der Waals surface area contributed by atoms with E-state index in [4.69, 9.17) is 23.7 Å². The Labute approximate surface area is 261 Å². The number of ether oxygens (including phenoxy) is 5. The minimum absolute atomic E-state index is 0.0189. The van der Waals surface area contributed by atoms with E-state index in [0.29, 0.717) is 35.1 Å². The van der Waals surface area contributed by atoms with Gasteiger partial charge in [-0.3, -0.25) is 4.79 Å². The first-order valence-corrected chi connectivity index (χ1v) is 14.3. The molecule has 0 bridgehead atoms. The number of halogens is 2. The third kappa shape index (κ3) is 10.6. The molecule has 3 aromatic carbocycles. The quantitative estimate of drug-likeness (QED) is 0.0706. The summed E-state index contributed by atoms with van der Waals surface area (Å²) in [6.07, 6.45) is 0.860. The van der Waals surface area contributed by atoms with Crippen molar-refractivity contribution < 1.29 is 46.8 Å². The minimum atomic E-state index is -0.620. The van der Waals surface area contributed by atoms with Gasteiger partial charge in [-0.1, -0.05) is 32.2 Å². The van der Waals surface area contributed by atoms with E-state index in [-0.39, 0.29) is 61.2 Å². The molecular formula is C35H36F2O8. The van der Waals surface area contributed by atoms with Crippen molar-refractivity contribution in [3.8, 4) is 39.5 Å². The lowest BCUT2D eigenvalue weighted by Gasteiger charge is -2.13. The first-order valence-electron chi connectivity index (χ1n) is 14.3.